The predicted octanol–water partition coefficient (Wildman–Crippen LogP) is 4.89. The highest BCUT2D eigenvalue weighted by Gasteiger charge is 2.30. The number of alkyl halides is 3. The molecule has 35 heavy (non-hydrogen) atoms. The van der Waals surface area contributed by atoms with Crippen LogP contribution in [0, 0.1) is 6.92 Å². The number of halogens is 3. The number of imidazole rings is 1. The lowest BCUT2D eigenvalue weighted by atomic mass is 10.1. The second kappa shape index (κ2) is 11.4. The van der Waals surface area contributed by atoms with Gasteiger partial charge < -0.3 is 19.5 Å². The number of carbonyl (C=O) groups excluding carboxylic acids is 1. The van der Waals surface area contributed by atoms with Crippen molar-refractivity contribution in [3.63, 3.8) is 0 Å². The molecule has 1 aromatic heterocycles. The average molecular weight is 489 g/mol. The van der Waals surface area contributed by atoms with Crippen molar-refractivity contribution >= 4 is 5.91 Å². The summed E-state index contributed by atoms with van der Waals surface area (Å²) in [5.74, 6) is 0.368. The number of hydrogen-bond donors (Lipinski definition) is 1. The van der Waals surface area contributed by atoms with E-state index >= 15 is 0 Å². The molecule has 0 spiro atoms. The molecule has 0 saturated heterocycles. The summed E-state index contributed by atoms with van der Waals surface area (Å²) in [6, 6.07) is 10.6. The van der Waals surface area contributed by atoms with E-state index in [9.17, 15) is 18.0 Å². The topological polar surface area (TPSA) is 59.4 Å². The number of nitrogens with zero attached hydrogens (tertiary/aromatic N) is 3. The van der Waals surface area contributed by atoms with E-state index in [0.29, 0.717) is 42.8 Å². The van der Waals surface area contributed by atoms with Crippen LogP contribution in [0.1, 0.15) is 40.5 Å². The number of benzene rings is 2. The summed E-state index contributed by atoms with van der Waals surface area (Å²) in [6.45, 7) is 5.14. The second-order valence-electron chi connectivity index (χ2n) is 8.72. The molecule has 0 aliphatic carbocycles. The quantitative estimate of drug-likeness (QED) is 0.442. The van der Waals surface area contributed by atoms with Gasteiger partial charge >= 0.3 is 6.18 Å². The van der Waals surface area contributed by atoms with E-state index in [1.54, 1.807) is 31.6 Å². The number of carbonyl (C=O) groups is 1. The number of likely N-dealkylation sites (N-methyl/N-ethyl adjacent to an activating group) is 1. The van der Waals surface area contributed by atoms with Gasteiger partial charge in [0.05, 0.1) is 30.4 Å². The number of ether oxygens (including phenoxy) is 1. The van der Waals surface area contributed by atoms with Crippen molar-refractivity contribution in [2.24, 2.45) is 0 Å². The minimum Gasteiger partial charge on any atom is -0.495 e. The van der Waals surface area contributed by atoms with Crippen LogP contribution in [0.4, 0.5) is 13.2 Å². The predicted molar refractivity (Wildman–Crippen MR) is 129 cm³/mol. The Balaban J connectivity index is 1.49. The molecule has 0 radical (unpaired) electrons. The highest BCUT2D eigenvalue weighted by Crippen LogP contribution is 2.29. The molecule has 0 saturated carbocycles. The zero-order valence-corrected chi connectivity index (χ0v) is 20.4. The standard InChI is InChI=1S/C26H31F3N4O2/c1-18(10-12-32(3)13-11-20-6-5-7-22(14-20)26(27,28)29)31-25(34)21-8-9-23(24(15-21)35-4)33-16-19(2)30-17-33/h5-9,14-18H,10-13H2,1-4H3,(H,31,34). The zero-order chi connectivity index (χ0) is 25.6. The lowest BCUT2D eigenvalue weighted by molar-refractivity contribution is -0.137. The Morgan fingerprint density at radius 1 is 1.20 bits per heavy atom. The summed E-state index contributed by atoms with van der Waals surface area (Å²) >= 11 is 0. The van der Waals surface area contributed by atoms with Crippen LogP contribution in [-0.2, 0) is 12.6 Å². The van der Waals surface area contributed by atoms with Gasteiger partial charge in [0.25, 0.3) is 5.91 Å². The summed E-state index contributed by atoms with van der Waals surface area (Å²) < 4.78 is 46.0. The molecule has 1 unspecified atom stereocenters. The maximum atomic E-state index is 12.9. The molecule has 0 aliphatic rings. The molecule has 1 atom stereocenters. The SMILES string of the molecule is COc1cc(C(=O)NC(C)CCN(C)CCc2cccc(C(F)(F)F)c2)ccc1-n1cnc(C)c1. The van der Waals surface area contributed by atoms with E-state index in [2.05, 4.69) is 10.3 Å². The van der Waals surface area contributed by atoms with Gasteiger partial charge in [0.2, 0.25) is 0 Å². The fourth-order valence-electron chi connectivity index (χ4n) is 3.71. The molecule has 6 nitrogen and oxygen atoms in total. The highest BCUT2D eigenvalue weighted by molar-refractivity contribution is 5.95. The number of rotatable bonds is 10. The number of amides is 1. The fraction of sp³-hybridized carbons (Fsp3) is 0.385. The number of nitrogens with one attached hydrogen (secondary N) is 1. The van der Waals surface area contributed by atoms with Gasteiger partial charge in [-0.15, -0.1) is 0 Å². The van der Waals surface area contributed by atoms with Gasteiger partial charge in [-0.25, -0.2) is 4.98 Å². The first-order chi connectivity index (χ1) is 16.6. The summed E-state index contributed by atoms with van der Waals surface area (Å²) in [5.41, 5.74) is 2.19. The van der Waals surface area contributed by atoms with Crippen LogP contribution in [0.25, 0.3) is 5.69 Å². The summed E-state index contributed by atoms with van der Waals surface area (Å²) in [4.78, 5) is 19.0. The Kier molecular flexibility index (Phi) is 8.56. The number of hydrogen-bond acceptors (Lipinski definition) is 4. The van der Waals surface area contributed by atoms with E-state index in [0.717, 1.165) is 17.4 Å². The molecule has 2 aromatic carbocycles. The van der Waals surface area contributed by atoms with Crippen molar-refractivity contribution in [2.75, 3.05) is 27.2 Å². The van der Waals surface area contributed by atoms with E-state index in [1.165, 1.54) is 12.1 Å². The number of aromatic nitrogens is 2. The van der Waals surface area contributed by atoms with Gasteiger partial charge in [0, 0.05) is 24.3 Å². The molecular formula is C26H31F3N4O2. The first-order valence-electron chi connectivity index (χ1n) is 11.4. The molecule has 9 heteroatoms. The smallest absolute Gasteiger partial charge is 0.416 e. The Morgan fingerprint density at radius 3 is 2.63 bits per heavy atom. The third-order valence-electron chi connectivity index (χ3n) is 5.79. The Hall–Kier alpha value is -3.33. The van der Waals surface area contributed by atoms with Gasteiger partial charge in [-0.05, 0) is 70.1 Å². The molecule has 1 N–H and O–H groups in total. The lowest BCUT2D eigenvalue weighted by Crippen LogP contribution is -2.35. The van der Waals surface area contributed by atoms with Gasteiger partial charge in [0.1, 0.15) is 5.75 Å². The largest absolute Gasteiger partial charge is 0.495 e. The maximum absolute atomic E-state index is 12.9. The first-order valence-corrected chi connectivity index (χ1v) is 11.4. The van der Waals surface area contributed by atoms with Crippen LogP contribution in [0.15, 0.2) is 55.0 Å². The molecule has 0 bridgehead atoms. The summed E-state index contributed by atoms with van der Waals surface area (Å²) in [6.07, 6.45) is 0.457. The molecule has 0 aliphatic heterocycles. The van der Waals surface area contributed by atoms with Crippen molar-refractivity contribution in [1.29, 1.82) is 0 Å². The van der Waals surface area contributed by atoms with Crippen molar-refractivity contribution in [3.8, 4) is 11.4 Å². The van der Waals surface area contributed by atoms with Crippen molar-refractivity contribution < 1.29 is 22.7 Å². The molecule has 3 aromatic rings. The monoisotopic (exact) mass is 488 g/mol. The van der Waals surface area contributed by atoms with Crippen LogP contribution in [0.3, 0.4) is 0 Å². The van der Waals surface area contributed by atoms with Crippen LogP contribution in [0.5, 0.6) is 5.75 Å². The van der Waals surface area contributed by atoms with Crippen LogP contribution in [0.2, 0.25) is 0 Å². The van der Waals surface area contributed by atoms with Crippen LogP contribution >= 0.6 is 0 Å². The van der Waals surface area contributed by atoms with Gasteiger partial charge in [-0.3, -0.25) is 4.79 Å². The van der Waals surface area contributed by atoms with Gasteiger partial charge in [-0.1, -0.05) is 18.2 Å². The first kappa shape index (κ1) is 26.3. The number of aryl methyl sites for hydroxylation is 1. The van der Waals surface area contributed by atoms with Crippen LogP contribution in [-0.4, -0.2) is 53.6 Å². The molecule has 1 amide bonds. The molecule has 188 valence electrons. The fourth-order valence-corrected chi connectivity index (χ4v) is 3.71. The third-order valence-corrected chi connectivity index (χ3v) is 5.79. The van der Waals surface area contributed by atoms with Gasteiger partial charge in [0.15, 0.2) is 0 Å². The van der Waals surface area contributed by atoms with Crippen molar-refractivity contribution in [1.82, 2.24) is 19.8 Å². The summed E-state index contributed by atoms with van der Waals surface area (Å²) in [5, 5.41) is 3.00. The van der Waals surface area contributed by atoms with Gasteiger partial charge in [-0.2, -0.15) is 13.2 Å². The van der Waals surface area contributed by atoms with Crippen LogP contribution < -0.4 is 10.1 Å². The molecule has 1 heterocycles. The Bertz CT molecular complexity index is 1140. The van der Waals surface area contributed by atoms with E-state index < -0.39 is 11.7 Å². The molecule has 3 rings (SSSR count). The normalized spacial score (nSPS) is 12.6. The molecular weight excluding hydrogens is 457 g/mol. The third kappa shape index (κ3) is 7.32. The Morgan fingerprint density at radius 2 is 1.97 bits per heavy atom. The number of methoxy groups -OCH3 is 1. The molecule has 0 fully saturated rings. The Labute approximate surface area is 203 Å². The average Bonchev–Trinajstić information content (AvgIpc) is 3.26. The summed E-state index contributed by atoms with van der Waals surface area (Å²) in [7, 11) is 3.48. The van der Waals surface area contributed by atoms with Crippen molar-refractivity contribution in [3.05, 3.63) is 77.4 Å². The minimum atomic E-state index is -4.33. The van der Waals surface area contributed by atoms with Crippen molar-refractivity contribution in [2.45, 2.75) is 38.9 Å². The lowest BCUT2D eigenvalue weighted by Gasteiger charge is -2.20. The highest BCUT2D eigenvalue weighted by atomic mass is 19.4. The van der Waals surface area contributed by atoms with E-state index in [-0.39, 0.29) is 11.9 Å². The van der Waals surface area contributed by atoms with E-state index in [1.807, 2.05) is 42.6 Å². The minimum absolute atomic E-state index is 0.0829. The zero-order valence-electron chi connectivity index (χ0n) is 20.4. The van der Waals surface area contributed by atoms with E-state index in [4.69, 9.17) is 4.74 Å². The maximum Gasteiger partial charge on any atom is 0.416 e. The second-order valence-corrected chi connectivity index (χ2v) is 8.72.